The second-order valence-corrected chi connectivity index (χ2v) is 12.3. The summed E-state index contributed by atoms with van der Waals surface area (Å²) in [5.74, 6) is 3.34. The first-order chi connectivity index (χ1) is 16.1. The van der Waals surface area contributed by atoms with E-state index in [-0.39, 0.29) is 12.0 Å². The summed E-state index contributed by atoms with van der Waals surface area (Å²) in [7, 11) is 1.92. The third-order valence-electron chi connectivity index (χ3n) is 8.21. The van der Waals surface area contributed by atoms with Gasteiger partial charge in [-0.25, -0.2) is 4.79 Å². The number of aromatic nitrogens is 2. The van der Waals surface area contributed by atoms with E-state index in [1.54, 1.807) is 11.0 Å². The summed E-state index contributed by atoms with van der Waals surface area (Å²) in [6, 6.07) is 3.67. The van der Waals surface area contributed by atoms with E-state index < -0.39 is 5.60 Å². The quantitative estimate of drug-likeness (QED) is 0.667. The third kappa shape index (κ3) is 4.86. The minimum atomic E-state index is -0.495. The van der Waals surface area contributed by atoms with E-state index in [9.17, 15) is 9.59 Å². The minimum absolute atomic E-state index is 0.0375. The highest BCUT2D eigenvalue weighted by molar-refractivity contribution is 5.92. The summed E-state index contributed by atoms with van der Waals surface area (Å²) in [5, 5.41) is 8.64. The van der Waals surface area contributed by atoms with Crippen LogP contribution < -0.4 is 4.90 Å². The van der Waals surface area contributed by atoms with Gasteiger partial charge in [0, 0.05) is 39.8 Å². The molecular weight excluding hydrogens is 430 g/mol. The van der Waals surface area contributed by atoms with Crippen LogP contribution in [0.15, 0.2) is 12.1 Å². The van der Waals surface area contributed by atoms with Crippen LogP contribution in [0.2, 0.25) is 0 Å². The van der Waals surface area contributed by atoms with Crippen molar-refractivity contribution >= 4 is 17.8 Å². The van der Waals surface area contributed by atoms with E-state index in [4.69, 9.17) is 4.74 Å². The van der Waals surface area contributed by atoms with Gasteiger partial charge in [0.25, 0.3) is 5.91 Å². The number of anilines is 1. The van der Waals surface area contributed by atoms with Gasteiger partial charge in [0.05, 0.1) is 0 Å². The van der Waals surface area contributed by atoms with E-state index in [1.807, 2.05) is 38.8 Å². The summed E-state index contributed by atoms with van der Waals surface area (Å²) in [6.45, 7) is 8.93. The first-order valence-electron chi connectivity index (χ1n) is 12.9. The zero-order valence-electron chi connectivity index (χ0n) is 21.1. The smallest absolute Gasteiger partial charge is 0.410 e. The molecule has 4 bridgehead atoms. The summed E-state index contributed by atoms with van der Waals surface area (Å²) < 4.78 is 5.47. The van der Waals surface area contributed by atoms with Crippen molar-refractivity contribution in [3.63, 3.8) is 0 Å². The van der Waals surface area contributed by atoms with Crippen LogP contribution in [0, 0.1) is 23.2 Å². The fraction of sp³-hybridized carbons (Fsp3) is 0.769. The Labute approximate surface area is 203 Å². The van der Waals surface area contributed by atoms with Gasteiger partial charge >= 0.3 is 6.09 Å². The number of hydrogen-bond donors (Lipinski definition) is 0. The Morgan fingerprint density at radius 2 is 1.59 bits per heavy atom. The van der Waals surface area contributed by atoms with E-state index >= 15 is 0 Å². The number of carbonyl (C=O) groups is 2. The van der Waals surface area contributed by atoms with Gasteiger partial charge in [-0.15, -0.1) is 10.2 Å². The maximum absolute atomic E-state index is 13.1. The van der Waals surface area contributed by atoms with Crippen LogP contribution in [0.1, 0.15) is 69.8 Å². The number of hydrogen-bond acceptors (Lipinski definition) is 6. The van der Waals surface area contributed by atoms with Crippen molar-refractivity contribution in [2.24, 2.45) is 23.2 Å². The summed E-state index contributed by atoms with van der Waals surface area (Å²) in [5.41, 5.74) is 0.231. The molecule has 0 unspecified atom stereocenters. The van der Waals surface area contributed by atoms with Gasteiger partial charge in [-0.1, -0.05) is 0 Å². The van der Waals surface area contributed by atoms with Gasteiger partial charge < -0.3 is 19.4 Å². The van der Waals surface area contributed by atoms with Gasteiger partial charge in [0.1, 0.15) is 5.60 Å². The van der Waals surface area contributed by atoms with Crippen LogP contribution in [-0.4, -0.2) is 77.4 Å². The second-order valence-electron chi connectivity index (χ2n) is 12.3. The third-order valence-corrected chi connectivity index (χ3v) is 8.21. The molecule has 2 heterocycles. The molecule has 34 heavy (non-hydrogen) atoms. The van der Waals surface area contributed by atoms with Crippen LogP contribution in [0.25, 0.3) is 0 Å². The van der Waals surface area contributed by atoms with Gasteiger partial charge in [-0.3, -0.25) is 4.79 Å². The number of nitrogens with zero attached hydrogens (tertiary/aromatic N) is 5. The molecule has 8 heteroatoms. The fourth-order valence-electron chi connectivity index (χ4n) is 7.31. The average Bonchev–Trinajstić information content (AvgIpc) is 2.76. The molecule has 0 spiro atoms. The first-order valence-corrected chi connectivity index (χ1v) is 12.9. The van der Waals surface area contributed by atoms with Gasteiger partial charge in [0.15, 0.2) is 11.5 Å². The van der Waals surface area contributed by atoms with Crippen LogP contribution >= 0.6 is 0 Å². The molecule has 0 N–H and O–H groups in total. The first kappa shape index (κ1) is 23.4. The lowest BCUT2D eigenvalue weighted by Gasteiger charge is -2.57. The van der Waals surface area contributed by atoms with Crippen LogP contribution in [-0.2, 0) is 4.74 Å². The van der Waals surface area contributed by atoms with E-state index in [2.05, 4.69) is 15.1 Å². The maximum Gasteiger partial charge on any atom is 0.410 e. The molecule has 186 valence electrons. The van der Waals surface area contributed by atoms with Gasteiger partial charge in [-0.2, -0.15) is 0 Å². The van der Waals surface area contributed by atoms with Gasteiger partial charge in [0.2, 0.25) is 0 Å². The van der Waals surface area contributed by atoms with Crippen molar-refractivity contribution in [2.45, 2.75) is 64.9 Å². The molecule has 6 rings (SSSR count). The van der Waals surface area contributed by atoms with Crippen LogP contribution in [0.5, 0.6) is 0 Å². The van der Waals surface area contributed by atoms with Crippen molar-refractivity contribution in [1.82, 2.24) is 20.0 Å². The molecular formula is C26H39N5O3. The number of carbonyl (C=O) groups excluding carboxylic acids is 2. The highest BCUT2D eigenvalue weighted by atomic mass is 16.6. The molecule has 1 aromatic rings. The molecule has 0 aromatic carbocycles. The molecule has 1 aromatic heterocycles. The Kier molecular flexibility index (Phi) is 5.97. The summed E-state index contributed by atoms with van der Waals surface area (Å²) >= 11 is 0. The summed E-state index contributed by atoms with van der Waals surface area (Å²) in [4.78, 5) is 31.1. The molecule has 5 aliphatic rings. The normalized spacial score (nSPS) is 30.4. The standard InChI is InChI=1S/C26H39N5O3/c1-25(2,3)34-24(33)31-9-7-30(8-10-31)22-6-5-21(27-28-22)23(32)29(4)17-26-14-18-11-19(15-26)13-20(12-18)16-26/h5-6,18-20H,7-17H2,1-4H3. The predicted octanol–water partition coefficient (Wildman–Crippen LogP) is 3.82. The number of amides is 2. The molecule has 1 aliphatic heterocycles. The van der Waals surface area contributed by atoms with E-state index in [0.717, 1.165) is 30.1 Å². The van der Waals surface area contributed by atoms with Crippen molar-refractivity contribution in [1.29, 1.82) is 0 Å². The summed E-state index contributed by atoms with van der Waals surface area (Å²) in [6.07, 6.45) is 7.83. The highest BCUT2D eigenvalue weighted by Gasteiger charge is 2.51. The number of piperazine rings is 1. The zero-order chi connectivity index (χ0) is 24.1. The van der Waals surface area contributed by atoms with Crippen LogP contribution in [0.3, 0.4) is 0 Å². The monoisotopic (exact) mass is 469 g/mol. The lowest BCUT2D eigenvalue weighted by Crippen LogP contribution is -2.51. The van der Waals surface area contributed by atoms with Crippen molar-refractivity contribution in [3.05, 3.63) is 17.8 Å². The Bertz CT molecular complexity index is 882. The molecule has 4 saturated carbocycles. The molecule has 5 fully saturated rings. The highest BCUT2D eigenvalue weighted by Crippen LogP contribution is 2.60. The SMILES string of the molecule is CN(CC12CC3CC(CC(C3)C1)C2)C(=O)c1ccc(N2CCN(C(=O)OC(C)(C)C)CC2)nn1. The Balaban J connectivity index is 1.15. The van der Waals surface area contributed by atoms with Crippen molar-refractivity contribution < 1.29 is 14.3 Å². The van der Waals surface area contributed by atoms with Crippen LogP contribution in [0.4, 0.5) is 10.6 Å². The molecule has 1 saturated heterocycles. The van der Waals surface area contributed by atoms with Crippen molar-refractivity contribution in [3.8, 4) is 0 Å². The predicted molar refractivity (Wildman–Crippen MR) is 130 cm³/mol. The Morgan fingerprint density at radius 1 is 1.00 bits per heavy atom. The van der Waals surface area contributed by atoms with E-state index in [1.165, 1.54) is 38.5 Å². The topological polar surface area (TPSA) is 78.9 Å². The van der Waals surface area contributed by atoms with Crippen molar-refractivity contribution in [2.75, 3.05) is 44.7 Å². The Hall–Kier alpha value is -2.38. The maximum atomic E-state index is 13.1. The number of rotatable bonds is 4. The minimum Gasteiger partial charge on any atom is -0.444 e. The average molecular weight is 470 g/mol. The largest absolute Gasteiger partial charge is 0.444 e. The molecule has 8 nitrogen and oxygen atoms in total. The lowest BCUT2D eigenvalue weighted by molar-refractivity contribution is -0.0629. The fourth-order valence-corrected chi connectivity index (χ4v) is 7.31. The number of ether oxygens (including phenoxy) is 1. The molecule has 0 radical (unpaired) electrons. The molecule has 4 aliphatic carbocycles. The van der Waals surface area contributed by atoms with E-state index in [0.29, 0.717) is 37.3 Å². The lowest BCUT2D eigenvalue weighted by atomic mass is 9.49. The van der Waals surface area contributed by atoms with Gasteiger partial charge in [-0.05, 0) is 94.6 Å². The Morgan fingerprint density at radius 3 is 2.09 bits per heavy atom. The molecule has 0 atom stereocenters. The molecule has 2 amide bonds. The second kappa shape index (κ2) is 8.68. The zero-order valence-corrected chi connectivity index (χ0v) is 21.1.